The number of nitrogens with one attached hydrogen (secondary N) is 1. The summed E-state index contributed by atoms with van der Waals surface area (Å²) in [6.07, 6.45) is 3.36. The molecule has 2 aliphatic rings. The third-order valence-electron chi connectivity index (χ3n) is 5.88. The smallest absolute Gasteiger partial charge is 0.317 e. The number of likely N-dealkylation sites (tertiary alicyclic amines) is 1. The van der Waals surface area contributed by atoms with Crippen LogP contribution in [0.4, 0.5) is 4.79 Å². The maximum atomic E-state index is 12.4. The molecule has 2 atom stereocenters. The molecule has 2 amide bonds. The Kier molecular flexibility index (Phi) is 4.52. The standard InChI is InChI=1S/C19H26N2O3/c1-13-5-3-6-14(2)16(13)8-10-20-18(24)21-11-15-7-4-9-19(15,12-21)17(22)23/h3,5-6,15H,4,7-12H2,1-2H3,(H,20,24)(H,22,23)/t15-,19+/m0/s1. The zero-order chi connectivity index (χ0) is 17.3. The Morgan fingerprint density at radius 2 is 2.04 bits per heavy atom. The third-order valence-corrected chi connectivity index (χ3v) is 5.88. The maximum Gasteiger partial charge on any atom is 0.317 e. The summed E-state index contributed by atoms with van der Waals surface area (Å²) in [7, 11) is 0. The van der Waals surface area contributed by atoms with E-state index in [-0.39, 0.29) is 11.9 Å². The van der Waals surface area contributed by atoms with Gasteiger partial charge in [-0.15, -0.1) is 0 Å². The molecule has 0 radical (unpaired) electrons. The lowest BCUT2D eigenvalue weighted by Gasteiger charge is -2.23. The molecule has 24 heavy (non-hydrogen) atoms. The van der Waals surface area contributed by atoms with Gasteiger partial charge in [-0.25, -0.2) is 4.79 Å². The molecule has 1 aromatic carbocycles. The van der Waals surface area contributed by atoms with Crippen LogP contribution in [0.2, 0.25) is 0 Å². The Labute approximate surface area is 143 Å². The van der Waals surface area contributed by atoms with Gasteiger partial charge in [0.25, 0.3) is 0 Å². The maximum absolute atomic E-state index is 12.4. The van der Waals surface area contributed by atoms with Crippen LogP contribution in [0.3, 0.4) is 0 Å². The highest BCUT2D eigenvalue weighted by Crippen LogP contribution is 2.48. The van der Waals surface area contributed by atoms with Gasteiger partial charge in [0.05, 0.1) is 5.41 Å². The largest absolute Gasteiger partial charge is 0.481 e. The molecule has 1 aliphatic carbocycles. The molecule has 2 fully saturated rings. The number of amides is 2. The molecule has 2 N–H and O–H groups in total. The number of carboxylic acid groups (broad SMARTS) is 1. The minimum atomic E-state index is -0.740. The van der Waals surface area contributed by atoms with Crippen LogP contribution in [-0.2, 0) is 11.2 Å². The summed E-state index contributed by atoms with van der Waals surface area (Å²) in [5, 5.41) is 12.6. The third kappa shape index (κ3) is 2.87. The summed E-state index contributed by atoms with van der Waals surface area (Å²) < 4.78 is 0. The minimum Gasteiger partial charge on any atom is -0.481 e. The van der Waals surface area contributed by atoms with Crippen molar-refractivity contribution < 1.29 is 14.7 Å². The van der Waals surface area contributed by atoms with Crippen molar-refractivity contribution in [1.29, 1.82) is 0 Å². The van der Waals surface area contributed by atoms with Gasteiger partial charge < -0.3 is 15.3 Å². The minimum absolute atomic E-state index is 0.111. The van der Waals surface area contributed by atoms with E-state index in [2.05, 4.69) is 31.3 Å². The Hall–Kier alpha value is -2.04. The second-order valence-electron chi connectivity index (χ2n) is 7.28. The van der Waals surface area contributed by atoms with Crippen LogP contribution >= 0.6 is 0 Å². The van der Waals surface area contributed by atoms with Gasteiger partial charge in [-0.3, -0.25) is 4.79 Å². The number of aryl methyl sites for hydroxylation is 2. The topological polar surface area (TPSA) is 69.6 Å². The highest BCUT2D eigenvalue weighted by molar-refractivity contribution is 5.80. The summed E-state index contributed by atoms with van der Waals surface area (Å²) in [6, 6.07) is 6.09. The van der Waals surface area contributed by atoms with E-state index in [0.29, 0.717) is 26.1 Å². The summed E-state index contributed by atoms with van der Waals surface area (Å²) in [5.41, 5.74) is 3.05. The average Bonchev–Trinajstić information content (AvgIpc) is 3.08. The summed E-state index contributed by atoms with van der Waals surface area (Å²) in [4.78, 5) is 25.8. The normalized spacial score (nSPS) is 25.6. The lowest BCUT2D eigenvalue weighted by Crippen LogP contribution is -2.42. The van der Waals surface area contributed by atoms with Crippen molar-refractivity contribution >= 4 is 12.0 Å². The van der Waals surface area contributed by atoms with Crippen LogP contribution in [0, 0.1) is 25.2 Å². The molecule has 0 aromatic heterocycles. The van der Waals surface area contributed by atoms with Gasteiger partial charge in [0.1, 0.15) is 0 Å². The predicted octanol–water partition coefficient (Wildman–Crippen LogP) is 2.74. The monoisotopic (exact) mass is 330 g/mol. The van der Waals surface area contributed by atoms with E-state index < -0.39 is 11.4 Å². The van der Waals surface area contributed by atoms with Gasteiger partial charge in [0, 0.05) is 19.6 Å². The van der Waals surface area contributed by atoms with Gasteiger partial charge in [0.2, 0.25) is 0 Å². The molecule has 5 nitrogen and oxygen atoms in total. The molecule has 3 rings (SSSR count). The molecule has 0 spiro atoms. The van der Waals surface area contributed by atoms with Gasteiger partial charge >= 0.3 is 12.0 Å². The quantitative estimate of drug-likeness (QED) is 0.892. The van der Waals surface area contributed by atoms with Crippen molar-refractivity contribution in [2.45, 2.75) is 39.5 Å². The molecule has 1 heterocycles. The van der Waals surface area contributed by atoms with E-state index in [9.17, 15) is 14.7 Å². The van der Waals surface area contributed by atoms with Crippen molar-refractivity contribution in [1.82, 2.24) is 10.2 Å². The number of carboxylic acids is 1. The van der Waals surface area contributed by atoms with E-state index in [1.54, 1.807) is 4.90 Å². The number of fused-ring (bicyclic) bond motifs is 1. The van der Waals surface area contributed by atoms with Crippen molar-refractivity contribution in [3.63, 3.8) is 0 Å². The fourth-order valence-electron chi connectivity index (χ4n) is 4.44. The fraction of sp³-hybridized carbons (Fsp3) is 0.579. The Morgan fingerprint density at radius 3 is 2.67 bits per heavy atom. The van der Waals surface area contributed by atoms with Crippen molar-refractivity contribution in [3.05, 3.63) is 34.9 Å². The Balaban J connectivity index is 1.56. The van der Waals surface area contributed by atoms with Crippen molar-refractivity contribution in [3.8, 4) is 0 Å². The number of carbonyl (C=O) groups is 2. The lowest BCUT2D eigenvalue weighted by molar-refractivity contribution is -0.149. The Morgan fingerprint density at radius 1 is 1.33 bits per heavy atom. The van der Waals surface area contributed by atoms with Crippen LogP contribution in [-0.4, -0.2) is 41.6 Å². The second kappa shape index (κ2) is 6.46. The SMILES string of the molecule is Cc1cccc(C)c1CCNC(=O)N1C[C@@H]2CCC[C@@]2(C(=O)O)C1. The molecular formula is C19H26N2O3. The number of carbonyl (C=O) groups excluding carboxylic acids is 1. The number of aliphatic carboxylic acids is 1. The number of urea groups is 1. The molecule has 1 aromatic rings. The average molecular weight is 330 g/mol. The molecule has 5 heteroatoms. The molecule has 130 valence electrons. The van der Waals surface area contributed by atoms with Gasteiger partial charge in [-0.2, -0.15) is 0 Å². The number of rotatable bonds is 4. The summed E-state index contributed by atoms with van der Waals surface area (Å²) in [5.74, 6) is -0.629. The highest BCUT2D eigenvalue weighted by Gasteiger charge is 2.55. The number of hydrogen-bond acceptors (Lipinski definition) is 2. The fourth-order valence-corrected chi connectivity index (χ4v) is 4.44. The number of nitrogens with zero attached hydrogens (tertiary/aromatic N) is 1. The van der Waals surface area contributed by atoms with Crippen LogP contribution in [0.25, 0.3) is 0 Å². The van der Waals surface area contributed by atoms with E-state index in [1.807, 2.05) is 6.07 Å². The van der Waals surface area contributed by atoms with E-state index in [1.165, 1.54) is 16.7 Å². The first kappa shape index (κ1) is 16.8. The second-order valence-corrected chi connectivity index (χ2v) is 7.28. The zero-order valence-electron chi connectivity index (χ0n) is 14.5. The van der Waals surface area contributed by atoms with Crippen LogP contribution in [0.5, 0.6) is 0 Å². The predicted molar refractivity (Wildman–Crippen MR) is 92.0 cm³/mol. The summed E-state index contributed by atoms with van der Waals surface area (Å²) >= 11 is 0. The van der Waals surface area contributed by atoms with Crippen LogP contribution in [0.1, 0.15) is 36.0 Å². The van der Waals surface area contributed by atoms with Crippen LogP contribution in [0.15, 0.2) is 18.2 Å². The molecule has 0 unspecified atom stereocenters. The first-order valence-corrected chi connectivity index (χ1v) is 8.75. The molecular weight excluding hydrogens is 304 g/mol. The molecule has 0 bridgehead atoms. The molecule has 1 saturated carbocycles. The van der Waals surface area contributed by atoms with Gasteiger partial charge in [-0.05, 0) is 55.7 Å². The first-order valence-electron chi connectivity index (χ1n) is 8.75. The van der Waals surface area contributed by atoms with E-state index >= 15 is 0 Å². The van der Waals surface area contributed by atoms with Crippen molar-refractivity contribution in [2.75, 3.05) is 19.6 Å². The van der Waals surface area contributed by atoms with Gasteiger partial charge in [0.15, 0.2) is 0 Å². The van der Waals surface area contributed by atoms with E-state index in [4.69, 9.17) is 0 Å². The molecule has 1 saturated heterocycles. The van der Waals surface area contributed by atoms with Gasteiger partial charge in [-0.1, -0.05) is 24.6 Å². The number of benzene rings is 1. The lowest BCUT2D eigenvalue weighted by atomic mass is 9.81. The summed E-state index contributed by atoms with van der Waals surface area (Å²) in [6.45, 7) is 5.67. The van der Waals surface area contributed by atoms with E-state index in [0.717, 1.165) is 19.3 Å². The zero-order valence-corrected chi connectivity index (χ0v) is 14.5. The van der Waals surface area contributed by atoms with Crippen molar-refractivity contribution in [2.24, 2.45) is 11.3 Å². The molecule has 1 aliphatic heterocycles. The Bertz CT molecular complexity index is 638. The highest BCUT2D eigenvalue weighted by atomic mass is 16.4. The van der Waals surface area contributed by atoms with Crippen LogP contribution < -0.4 is 5.32 Å². The number of hydrogen-bond donors (Lipinski definition) is 2. The first-order chi connectivity index (χ1) is 11.4.